The minimum atomic E-state index is -1.81. The number of carboxylic acids is 1. The summed E-state index contributed by atoms with van der Waals surface area (Å²) < 4.78 is 0. The van der Waals surface area contributed by atoms with Gasteiger partial charge in [-0.2, -0.15) is 0 Å². The van der Waals surface area contributed by atoms with Gasteiger partial charge in [-0.25, -0.2) is 4.79 Å². The highest BCUT2D eigenvalue weighted by Crippen LogP contribution is 2.35. The summed E-state index contributed by atoms with van der Waals surface area (Å²) in [4.78, 5) is 90.2. The lowest BCUT2D eigenvalue weighted by molar-refractivity contribution is -0.168. The van der Waals surface area contributed by atoms with Crippen molar-refractivity contribution in [3.05, 3.63) is 41.6 Å². The molecule has 21 nitrogen and oxygen atoms in total. The van der Waals surface area contributed by atoms with E-state index < -0.39 is 66.6 Å². The number of carbonyl (C=O) groups excluding carboxylic acids is 6. The normalized spacial score (nSPS) is 21.5. The van der Waals surface area contributed by atoms with Gasteiger partial charge in [0.2, 0.25) is 35.4 Å². The zero-order valence-corrected chi connectivity index (χ0v) is 33.0. The number of amides is 6. The number of carbonyl (C=O) groups is 7. The van der Waals surface area contributed by atoms with Gasteiger partial charge >= 0.3 is 13.1 Å². The molecule has 0 radical (unpaired) electrons. The first-order valence-electron chi connectivity index (χ1n) is 19.8. The number of rotatable bonds is 22. The van der Waals surface area contributed by atoms with E-state index in [9.17, 15) is 53.8 Å². The lowest BCUT2D eigenvalue weighted by Gasteiger charge is -2.43. The molecule has 3 saturated heterocycles. The molecule has 322 valence electrons. The number of nitrogens with zero attached hydrogens (tertiary/aromatic N) is 2. The van der Waals surface area contributed by atoms with Crippen molar-refractivity contribution >= 4 is 60.6 Å². The Morgan fingerprint density at radius 3 is 2.41 bits per heavy atom. The quantitative estimate of drug-likeness (QED) is 0.0206. The fourth-order valence-electron chi connectivity index (χ4n) is 7.32. The number of hydrogen-bond donors (Lipinski definition) is 12. The number of unbranched alkanes of at least 4 members (excludes halogenated alkanes) is 3. The van der Waals surface area contributed by atoms with Gasteiger partial charge in [-0.3, -0.25) is 55.2 Å². The predicted molar refractivity (Wildman–Crippen MR) is 212 cm³/mol. The molecule has 0 aromatic heterocycles. The summed E-state index contributed by atoms with van der Waals surface area (Å²) in [5.41, 5.74) is 6.73. The highest BCUT2D eigenvalue weighted by atomic mass is 16.4. The van der Waals surface area contributed by atoms with Gasteiger partial charge in [-0.15, -0.1) is 0 Å². The first-order valence-corrected chi connectivity index (χ1v) is 19.8. The number of fused-ring (bicyclic) bond motifs is 1. The monoisotopic (exact) mass is 826 g/mol. The summed E-state index contributed by atoms with van der Waals surface area (Å²) in [6.45, 7) is 2.03. The maximum Gasteiger partial charge on any atom is 0.475 e. The molecule has 0 aliphatic carbocycles. The number of aliphatic carboxylic acids is 1. The average Bonchev–Trinajstić information content (AvgIpc) is 3.82. The van der Waals surface area contributed by atoms with Crippen molar-refractivity contribution in [2.75, 3.05) is 25.1 Å². The maximum absolute atomic E-state index is 13.2. The van der Waals surface area contributed by atoms with E-state index in [0.717, 1.165) is 11.2 Å². The standard InChI is InChI=1S/C37H55BN10O11/c1-23(35(54)47-17-7-9-29(47)38(58)59)43-33(52)25-12-14-26(15-13-25)45-46-31(50)11-4-2-3-10-30(49)41-16-6-5-8-27(36(55)56)44-34(53)28-18-24(20-40-22-39)19-37(57)42-21-32(51)48(28)37/h12-15,20,22-23,27-29,42,45,57-59H,2-11,16-19,21H2,1H3,(H2,39,40)(H,41,49)(H,43,52)(H,44,53)(H,46,50)(H,55,56)/b24-20-/t23-,27+,28+,29+,37?/m1/s1. The van der Waals surface area contributed by atoms with E-state index in [2.05, 4.69) is 37.4 Å². The van der Waals surface area contributed by atoms with Crippen LogP contribution in [0.3, 0.4) is 0 Å². The smallest absolute Gasteiger partial charge is 0.475 e. The Labute approximate surface area is 341 Å². The maximum atomic E-state index is 13.2. The van der Waals surface area contributed by atoms with Crippen molar-refractivity contribution in [2.45, 2.75) is 114 Å². The third kappa shape index (κ3) is 13.2. The molecule has 6 amide bonds. The van der Waals surface area contributed by atoms with Crippen LogP contribution in [0.25, 0.3) is 0 Å². The Bertz CT molecular complexity index is 1730. The number of likely N-dealkylation sites (tertiary alicyclic amines) is 1. The first-order chi connectivity index (χ1) is 28.1. The molecule has 3 aliphatic rings. The zero-order valence-electron chi connectivity index (χ0n) is 33.0. The number of hydrogen-bond acceptors (Lipinski definition) is 13. The fraction of sp³-hybridized carbons (Fsp3) is 0.568. The van der Waals surface area contributed by atoms with Crippen molar-refractivity contribution < 1.29 is 53.8 Å². The summed E-state index contributed by atoms with van der Waals surface area (Å²) in [6.07, 6.45) is 6.59. The van der Waals surface area contributed by atoms with Gasteiger partial charge in [0.25, 0.3) is 5.91 Å². The molecule has 3 fully saturated rings. The van der Waals surface area contributed by atoms with Gasteiger partial charge < -0.3 is 46.4 Å². The Balaban J connectivity index is 1.06. The van der Waals surface area contributed by atoms with Crippen LogP contribution in [0.5, 0.6) is 0 Å². The van der Waals surface area contributed by atoms with E-state index >= 15 is 0 Å². The third-order valence-electron chi connectivity index (χ3n) is 10.4. The lowest BCUT2D eigenvalue weighted by atomic mass is 9.78. The molecule has 0 spiro atoms. The molecule has 1 unspecified atom stereocenters. The molecule has 0 bridgehead atoms. The molecule has 3 heterocycles. The molecule has 1 aromatic rings. The Hall–Kier alpha value is -5.58. The van der Waals surface area contributed by atoms with E-state index in [1.165, 1.54) is 30.2 Å². The van der Waals surface area contributed by atoms with Crippen molar-refractivity contribution in [1.82, 2.24) is 41.8 Å². The molecule has 22 heteroatoms. The molecular weight excluding hydrogens is 771 g/mol. The average molecular weight is 827 g/mol. The van der Waals surface area contributed by atoms with Crippen LogP contribution in [0.2, 0.25) is 0 Å². The van der Waals surface area contributed by atoms with Crippen molar-refractivity contribution in [1.29, 1.82) is 5.41 Å². The molecule has 4 rings (SSSR count). The predicted octanol–water partition coefficient (Wildman–Crippen LogP) is -1.62. The Morgan fingerprint density at radius 2 is 1.73 bits per heavy atom. The van der Waals surface area contributed by atoms with Gasteiger partial charge in [-0.1, -0.05) is 6.42 Å². The van der Waals surface area contributed by atoms with Crippen LogP contribution >= 0.6 is 0 Å². The van der Waals surface area contributed by atoms with Crippen LogP contribution in [0.1, 0.15) is 94.3 Å². The van der Waals surface area contributed by atoms with Crippen LogP contribution in [-0.4, -0.2) is 134 Å². The summed E-state index contributed by atoms with van der Waals surface area (Å²) in [6, 6.07) is 2.94. The van der Waals surface area contributed by atoms with Crippen LogP contribution in [0.15, 0.2) is 36.0 Å². The summed E-state index contributed by atoms with van der Waals surface area (Å²) in [7, 11) is -1.65. The second-order valence-corrected chi connectivity index (χ2v) is 14.9. The van der Waals surface area contributed by atoms with E-state index in [0.29, 0.717) is 69.3 Å². The largest absolute Gasteiger partial charge is 0.480 e. The number of hydrazine groups is 1. The van der Waals surface area contributed by atoms with E-state index in [1.807, 2.05) is 0 Å². The SMILES string of the molecule is C[C@@H](NC(=O)c1ccc(NNC(=O)CCCCCC(=O)NCCCC[C@H](NC(=O)[C@@H]2C/C(=C/NC=N)CC3(O)NCC(=O)N23)C(=O)O)cc1)C(=O)N1CCC[C@H]1B(O)O. The highest BCUT2D eigenvalue weighted by Gasteiger charge is 2.53. The molecule has 0 saturated carbocycles. The molecule has 12 N–H and O–H groups in total. The van der Waals surface area contributed by atoms with Crippen molar-refractivity contribution in [2.24, 2.45) is 0 Å². The zero-order chi connectivity index (χ0) is 43.1. The van der Waals surface area contributed by atoms with Gasteiger partial charge in [0.05, 0.1) is 24.5 Å². The fourth-order valence-corrected chi connectivity index (χ4v) is 7.32. The number of nitrogens with one attached hydrogen (secondary N) is 8. The molecule has 1 aromatic carbocycles. The number of anilines is 1. The van der Waals surface area contributed by atoms with E-state index in [-0.39, 0.29) is 56.0 Å². The Kier molecular flexibility index (Phi) is 17.2. The van der Waals surface area contributed by atoms with E-state index in [1.54, 1.807) is 12.1 Å². The van der Waals surface area contributed by atoms with Crippen LogP contribution in [0, 0.1) is 5.41 Å². The van der Waals surface area contributed by atoms with Gasteiger partial charge in [0, 0.05) is 44.1 Å². The molecule has 59 heavy (non-hydrogen) atoms. The lowest BCUT2D eigenvalue weighted by Crippen LogP contribution is -2.64. The number of aliphatic hydroxyl groups is 1. The third-order valence-corrected chi connectivity index (χ3v) is 10.4. The molecule has 5 atom stereocenters. The van der Waals surface area contributed by atoms with Crippen LogP contribution in [0.4, 0.5) is 5.69 Å². The summed E-state index contributed by atoms with van der Waals surface area (Å²) in [5, 5.41) is 60.1. The van der Waals surface area contributed by atoms with Crippen LogP contribution in [-0.2, 0) is 28.8 Å². The number of piperidine rings is 1. The van der Waals surface area contributed by atoms with E-state index in [4.69, 9.17) is 5.41 Å². The van der Waals surface area contributed by atoms with Gasteiger partial charge in [0.1, 0.15) is 18.1 Å². The minimum absolute atomic E-state index is 0.00546. The number of carboxylic acid groups (broad SMARTS) is 1. The minimum Gasteiger partial charge on any atom is -0.480 e. The van der Waals surface area contributed by atoms with Gasteiger partial charge in [0.15, 0.2) is 0 Å². The number of benzene rings is 1. The van der Waals surface area contributed by atoms with Gasteiger partial charge in [-0.05, 0) is 88.1 Å². The second-order valence-electron chi connectivity index (χ2n) is 14.9. The summed E-state index contributed by atoms with van der Waals surface area (Å²) in [5.74, 6) is -6.34. The van der Waals surface area contributed by atoms with Crippen molar-refractivity contribution in [3.8, 4) is 0 Å². The topological polar surface area (TPSA) is 315 Å². The summed E-state index contributed by atoms with van der Waals surface area (Å²) >= 11 is 0. The van der Waals surface area contributed by atoms with Crippen LogP contribution < -0.4 is 37.4 Å². The first kappa shape index (κ1) is 46.1. The molecule has 3 aliphatic heterocycles. The highest BCUT2D eigenvalue weighted by molar-refractivity contribution is 6.43. The second kappa shape index (κ2) is 22.0. The Morgan fingerprint density at radius 1 is 1.02 bits per heavy atom. The molecular formula is C37H55BN10O11. The van der Waals surface area contributed by atoms with Crippen molar-refractivity contribution in [3.63, 3.8) is 0 Å².